The largest absolute Gasteiger partial charge is 0.0691 e. The van der Waals surface area contributed by atoms with E-state index in [4.69, 9.17) is 0 Å². The first kappa shape index (κ1) is 15.1. The van der Waals surface area contributed by atoms with Crippen molar-refractivity contribution in [2.45, 2.75) is 87.0 Å². The molecular formula is C19H36Si. The molecule has 0 aromatic heterocycles. The van der Waals surface area contributed by atoms with Gasteiger partial charge in [0.15, 0.2) is 0 Å². The monoisotopic (exact) mass is 292 g/mol. The number of rotatable bonds is 1. The van der Waals surface area contributed by atoms with E-state index in [1.807, 2.05) is 0 Å². The molecule has 4 aliphatic carbocycles. The first-order valence-corrected chi connectivity index (χ1v) is 12.0. The Labute approximate surface area is 128 Å². The third kappa shape index (κ3) is 0.799. The second kappa shape index (κ2) is 2.74. The van der Waals surface area contributed by atoms with Crippen LogP contribution in [0.4, 0.5) is 0 Å². The molecule has 0 N–H and O–H groups in total. The Morgan fingerprint density at radius 3 is 0.750 bits per heavy atom. The summed E-state index contributed by atoms with van der Waals surface area (Å²) in [5, 5.41) is 0.717. The van der Waals surface area contributed by atoms with E-state index in [0.717, 1.165) is 5.04 Å². The normalized spacial score (nSPS) is 49.8. The van der Waals surface area contributed by atoms with E-state index in [1.54, 1.807) is 0 Å². The molecule has 0 radical (unpaired) electrons. The highest BCUT2D eigenvalue weighted by molar-refractivity contribution is 6.84. The molecule has 0 saturated heterocycles. The van der Waals surface area contributed by atoms with E-state index in [1.165, 1.54) is 0 Å². The summed E-state index contributed by atoms with van der Waals surface area (Å²) in [6.07, 6.45) is 0. The Morgan fingerprint density at radius 2 is 0.700 bits per heavy atom. The topological polar surface area (TPSA) is 0 Å². The van der Waals surface area contributed by atoms with E-state index in [-0.39, 0.29) is 0 Å². The molecule has 0 amide bonds. The molecule has 1 heteroatoms. The van der Waals surface area contributed by atoms with E-state index >= 15 is 0 Å². The quantitative estimate of drug-likeness (QED) is 0.504. The van der Waals surface area contributed by atoms with Crippen LogP contribution in [-0.2, 0) is 0 Å². The average Bonchev–Trinajstić information content (AvgIpc) is 2.93. The smallest absolute Gasteiger partial charge is 0.0529 e. The third-order valence-corrected chi connectivity index (χ3v) is 11.0. The van der Waals surface area contributed by atoms with Gasteiger partial charge in [0.1, 0.15) is 0 Å². The lowest BCUT2D eigenvalue weighted by Crippen LogP contribution is -2.25. The van der Waals surface area contributed by atoms with Crippen LogP contribution in [0.15, 0.2) is 0 Å². The molecule has 4 fully saturated rings. The molecule has 0 aromatic rings. The van der Waals surface area contributed by atoms with Crippen molar-refractivity contribution < 1.29 is 0 Å². The zero-order valence-corrected chi connectivity index (χ0v) is 17.0. The Morgan fingerprint density at radius 1 is 0.500 bits per heavy atom. The van der Waals surface area contributed by atoms with Gasteiger partial charge >= 0.3 is 0 Å². The highest BCUT2D eigenvalue weighted by atomic mass is 28.3. The van der Waals surface area contributed by atoms with Crippen molar-refractivity contribution >= 4 is 8.07 Å². The molecule has 4 rings (SSSR count). The van der Waals surface area contributed by atoms with Crippen molar-refractivity contribution in [2.24, 2.45) is 32.5 Å². The lowest BCUT2D eigenvalue weighted by Gasteiger charge is -2.23. The molecule has 0 spiro atoms. The zero-order valence-electron chi connectivity index (χ0n) is 16.0. The molecule has 0 atom stereocenters. The maximum absolute atomic E-state index is 2.64. The zero-order chi connectivity index (χ0) is 16.0. The van der Waals surface area contributed by atoms with Crippen molar-refractivity contribution in [3.63, 3.8) is 0 Å². The maximum atomic E-state index is 2.64. The fourth-order valence-corrected chi connectivity index (χ4v) is 14.2. The summed E-state index contributed by atoms with van der Waals surface area (Å²) >= 11 is 0. The fourth-order valence-electron chi connectivity index (χ4n) is 8.81. The van der Waals surface area contributed by atoms with Gasteiger partial charge in [-0.15, -0.1) is 0 Å². The van der Waals surface area contributed by atoms with Crippen LogP contribution in [0.2, 0.25) is 24.7 Å². The minimum atomic E-state index is -1.18. The van der Waals surface area contributed by atoms with Crippen molar-refractivity contribution in [3.8, 4) is 0 Å². The van der Waals surface area contributed by atoms with Gasteiger partial charge in [-0.3, -0.25) is 0 Å². The van der Waals surface area contributed by atoms with Crippen molar-refractivity contribution in [3.05, 3.63) is 0 Å². The predicted octanol–water partition coefficient (Wildman–Crippen LogP) is 6.20. The number of hydrogen-bond acceptors (Lipinski definition) is 0. The van der Waals surface area contributed by atoms with Crippen LogP contribution in [0.1, 0.15) is 62.3 Å². The summed E-state index contributed by atoms with van der Waals surface area (Å²) in [6.45, 7) is 30.6. The molecule has 0 bridgehead atoms. The minimum absolute atomic E-state index is 0.452. The molecular weight excluding hydrogens is 256 g/mol. The highest BCUT2D eigenvalue weighted by Crippen LogP contribution is 3.44. The van der Waals surface area contributed by atoms with E-state index in [9.17, 15) is 0 Å². The second-order valence-corrected chi connectivity index (χ2v) is 17.2. The van der Waals surface area contributed by atoms with Crippen LogP contribution in [-0.4, -0.2) is 8.07 Å². The van der Waals surface area contributed by atoms with Gasteiger partial charge in [-0.1, -0.05) is 82.0 Å². The van der Waals surface area contributed by atoms with Crippen LogP contribution in [0, 0.1) is 32.5 Å². The highest BCUT2D eigenvalue weighted by Gasteiger charge is 3.39. The van der Waals surface area contributed by atoms with Gasteiger partial charge in [0, 0.05) is 0 Å². The van der Waals surface area contributed by atoms with Crippen molar-refractivity contribution in [1.82, 2.24) is 0 Å². The summed E-state index contributed by atoms with van der Waals surface area (Å²) in [5.74, 6) is 0. The Balaban J connectivity index is 2.26. The van der Waals surface area contributed by atoms with Crippen molar-refractivity contribution in [2.75, 3.05) is 0 Å². The Bertz CT molecular complexity index is 370. The molecule has 0 nitrogen and oxygen atoms in total. The Hall–Kier alpha value is 0.217. The summed E-state index contributed by atoms with van der Waals surface area (Å²) in [5.41, 5.74) is 3.28. The predicted molar refractivity (Wildman–Crippen MR) is 91.7 cm³/mol. The van der Waals surface area contributed by atoms with Gasteiger partial charge in [0.25, 0.3) is 0 Å². The SMILES string of the molecule is CC(C)(C)C12C3(C(C)(C)C)C1(C(C)(C)C)C23[Si](C)(C)C. The molecule has 0 heterocycles. The van der Waals surface area contributed by atoms with Crippen LogP contribution < -0.4 is 0 Å². The van der Waals surface area contributed by atoms with Crippen LogP contribution in [0.25, 0.3) is 0 Å². The standard InChI is InChI=1S/C19H36Si/c1-13(2,3)16-17(14(4,5)6)18(16,15(7,8)9)19(16,17)20(10,11)12/h1-12H3. The number of hydrogen-bond donors (Lipinski definition) is 0. The van der Waals surface area contributed by atoms with Crippen molar-refractivity contribution in [1.29, 1.82) is 0 Å². The van der Waals surface area contributed by atoms with Gasteiger partial charge in [0.2, 0.25) is 0 Å². The molecule has 4 aliphatic rings. The second-order valence-electron chi connectivity index (χ2n) is 12.0. The first-order chi connectivity index (χ1) is 8.50. The van der Waals surface area contributed by atoms with E-state index in [0.29, 0.717) is 32.5 Å². The minimum Gasteiger partial charge on any atom is -0.0691 e. The van der Waals surface area contributed by atoms with Gasteiger partial charge < -0.3 is 0 Å². The van der Waals surface area contributed by atoms with Crippen LogP contribution >= 0.6 is 0 Å². The average molecular weight is 293 g/mol. The van der Waals surface area contributed by atoms with Gasteiger partial charge in [0.05, 0.1) is 8.07 Å². The molecule has 116 valence electrons. The lowest BCUT2D eigenvalue weighted by molar-refractivity contribution is 0.254. The third-order valence-electron chi connectivity index (χ3n) is 7.62. The maximum Gasteiger partial charge on any atom is 0.0529 e. The molecule has 0 aliphatic heterocycles. The summed E-state index contributed by atoms with van der Waals surface area (Å²) in [4.78, 5) is 0. The summed E-state index contributed by atoms with van der Waals surface area (Å²) < 4.78 is 0. The molecule has 0 aromatic carbocycles. The first-order valence-electron chi connectivity index (χ1n) is 8.50. The molecule has 20 heavy (non-hydrogen) atoms. The Kier molecular flexibility index (Phi) is 2.07. The van der Waals surface area contributed by atoms with Gasteiger partial charge in [-0.25, -0.2) is 0 Å². The van der Waals surface area contributed by atoms with Gasteiger partial charge in [-0.2, -0.15) is 0 Å². The van der Waals surface area contributed by atoms with Gasteiger partial charge in [-0.05, 0) is 37.5 Å². The van der Waals surface area contributed by atoms with Crippen LogP contribution in [0.3, 0.4) is 0 Å². The summed E-state index contributed by atoms with van der Waals surface area (Å²) in [6, 6.07) is 0. The van der Waals surface area contributed by atoms with E-state index < -0.39 is 8.07 Å². The van der Waals surface area contributed by atoms with E-state index in [2.05, 4.69) is 82.0 Å². The molecule has 4 saturated carbocycles. The van der Waals surface area contributed by atoms with Crippen LogP contribution in [0.5, 0.6) is 0 Å². The lowest BCUT2D eigenvalue weighted by atomic mass is 9.81. The fraction of sp³-hybridized carbons (Fsp3) is 1.00. The summed E-state index contributed by atoms with van der Waals surface area (Å²) in [7, 11) is -1.18. The molecule has 0 unspecified atom stereocenters.